The van der Waals surface area contributed by atoms with Gasteiger partial charge in [-0.3, -0.25) is 0 Å². The molecule has 3 nitrogen and oxygen atoms in total. The molecule has 1 aliphatic rings. The average Bonchev–Trinajstić information content (AvgIpc) is 2.35. The lowest BCUT2D eigenvalue weighted by Gasteiger charge is -2.27. The maximum Gasteiger partial charge on any atom is 0.155 e. The van der Waals surface area contributed by atoms with Crippen LogP contribution in [0.3, 0.4) is 0 Å². The van der Waals surface area contributed by atoms with Crippen molar-refractivity contribution in [3.8, 4) is 0 Å². The van der Waals surface area contributed by atoms with Crippen LogP contribution in [0.1, 0.15) is 39.5 Å². The Labute approximate surface area is 104 Å². The predicted octanol–water partition coefficient (Wildman–Crippen LogP) is 3.41. The van der Waals surface area contributed by atoms with E-state index in [1.54, 1.807) is 0 Å². The van der Waals surface area contributed by atoms with Gasteiger partial charge in [0.05, 0.1) is 19.0 Å². The molecule has 2 unspecified atom stereocenters. The van der Waals surface area contributed by atoms with E-state index in [0.717, 1.165) is 12.8 Å². The summed E-state index contributed by atoms with van der Waals surface area (Å²) in [6.45, 7) is 8.65. The van der Waals surface area contributed by atoms with Crippen LogP contribution in [0.5, 0.6) is 0 Å². The molecular weight excluding hydrogens is 216 g/mol. The Kier molecular flexibility index (Phi) is 6.97. The van der Waals surface area contributed by atoms with E-state index in [0.29, 0.717) is 13.2 Å². The number of hydrogen-bond acceptors (Lipinski definition) is 3. The van der Waals surface area contributed by atoms with Crippen molar-refractivity contribution in [2.45, 2.75) is 51.9 Å². The van der Waals surface area contributed by atoms with Crippen molar-refractivity contribution >= 4 is 0 Å². The summed E-state index contributed by atoms with van der Waals surface area (Å²) in [7, 11) is 0. The topological polar surface area (TPSA) is 27.7 Å². The van der Waals surface area contributed by atoms with Gasteiger partial charge < -0.3 is 14.2 Å². The maximum absolute atomic E-state index is 5.90. The van der Waals surface area contributed by atoms with E-state index >= 15 is 0 Å². The van der Waals surface area contributed by atoms with Gasteiger partial charge in [-0.25, -0.2) is 0 Å². The first-order chi connectivity index (χ1) is 8.27. The molecule has 1 rings (SSSR count). The quantitative estimate of drug-likeness (QED) is 0.281. The van der Waals surface area contributed by atoms with Crippen LogP contribution < -0.4 is 0 Å². The normalized spacial score (nSPS) is 21.8. The van der Waals surface area contributed by atoms with Crippen LogP contribution in [-0.4, -0.2) is 25.6 Å². The summed E-state index contributed by atoms with van der Waals surface area (Å²) in [5, 5.41) is 0. The maximum atomic E-state index is 5.90. The molecule has 0 bridgehead atoms. The lowest BCUT2D eigenvalue weighted by atomic mass is 9.95. The molecule has 0 fully saturated rings. The summed E-state index contributed by atoms with van der Waals surface area (Å²) < 4.78 is 16.4. The predicted molar refractivity (Wildman–Crippen MR) is 68.7 cm³/mol. The van der Waals surface area contributed by atoms with Gasteiger partial charge >= 0.3 is 0 Å². The lowest BCUT2D eigenvalue weighted by Crippen LogP contribution is -2.26. The highest BCUT2D eigenvalue weighted by molar-refractivity contribution is 5.10. The van der Waals surface area contributed by atoms with Crippen LogP contribution in [0.4, 0.5) is 0 Å². The molecule has 17 heavy (non-hydrogen) atoms. The summed E-state index contributed by atoms with van der Waals surface area (Å²) in [4.78, 5) is 0. The van der Waals surface area contributed by atoms with Crippen LogP contribution >= 0.6 is 0 Å². The van der Waals surface area contributed by atoms with Gasteiger partial charge in [0.15, 0.2) is 6.29 Å². The number of rotatable bonds is 8. The molecule has 0 saturated heterocycles. The van der Waals surface area contributed by atoms with Crippen LogP contribution in [-0.2, 0) is 14.2 Å². The molecule has 0 aromatic carbocycles. The van der Waals surface area contributed by atoms with Crippen molar-refractivity contribution in [2.24, 2.45) is 0 Å². The number of allylic oxidation sites excluding steroid dienone is 1. The molecule has 0 aliphatic heterocycles. The van der Waals surface area contributed by atoms with Crippen molar-refractivity contribution in [1.82, 2.24) is 0 Å². The highest BCUT2D eigenvalue weighted by Crippen LogP contribution is 2.24. The van der Waals surface area contributed by atoms with Crippen LogP contribution in [0.2, 0.25) is 0 Å². The Morgan fingerprint density at radius 1 is 1.53 bits per heavy atom. The van der Waals surface area contributed by atoms with Gasteiger partial charge in [0, 0.05) is 0 Å². The molecule has 98 valence electrons. The third kappa shape index (κ3) is 5.37. The molecule has 0 aromatic rings. The van der Waals surface area contributed by atoms with Crippen LogP contribution in [0.25, 0.3) is 0 Å². The summed E-state index contributed by atoms with van der Waals surface area (Å²) >= 11 is 0. The van der Waals surface area contributed by atoms with Crippen molar-refractivity contribution in [3.63, 3.8) is 0 Å². The molecule has 3 heteroatoms. The first-order valence-corrected chi connectivity index (χ1v) is 6.46. The minimum atomic E-state index is -0.179. The molecule has 0 radical (unpaired) electrons. The van der Waals surface area contributed by atoms with Gasteiger partial charge in [0.1, 0.15) is 6.61 Å². The summed E-state index contributed by atoms with van der Waals surface area (Å²) in [5.41, 5.74) is 1.41. The third-order valence-corrected chi connectivity index (χ3v) is 2.93. The van der Waals surface area contributed by atoms with Gasteiger partial charge in [-0.1, -0.05) is 19.6 Å². The number of ether oxygens (including phenoxy) is 3. The van der Waals surface area contributed by atoms with E-state index in [2.05, 4.69) is 19.6 Å². The zero-order valence-corrected chi connectivity index (χ0v) is 11.0. The Balaban J connectivity index is 2.24. The fraction of sp³-hybridized carbons (Fsp3) is 0.714. The highest BCUT2D eigenvalue weighted by atomic mass is 16.7. The van der Waals surface area contributed by atoms with Gasteiger partial charge in [-0.15, -0.1) is 0 Å². The van der Waals surface area contributed by atoms with E-state index in [1.807, 2.05) is 6.92 Å². The number of hydrogen-bond donors (Lipinski definition) is 0. The molecular formula is C14H24O3. The molecule has 0 spiro atoms. The summed E-state index contributed by atoms with van der Waals surface area (Å²) in [6, 6.07) is 0. The van der Waals surface area contributed by atoms with E-state index in [1.165, 1.54) is 24.7 Å². The molecule has 0 heterocycles. The van der Waals surface area contributed by atoms with Gasteiger partial charge in [0.2, 0.25) is 0 Å². The highest BCUT2D eigenvalue weighted by Gasteiger charge is 2.19. The van der Waals surface area contributed by atoms with Gasteiger partial charge in [0.25, 0.3) is 0 Å². The molecule has 0 N–H and O–H groups in total. The van der Waals surface area contributed by atoms with Crippen LogP contribution in [0, 0.1) is 0 Å². The standard InChI is InChI=1S/C14H24O3/c1-4-13-8-6-7-9-14(13)17-12(3)16-11-10-15-5-2/h5,8,12,14H,2,4,6-7,9-11H2,1,3H3. The minimum Gasteiger partial charge on any atom is -0.499 e. The lowest BCUT2D eigenvalue weighted by molar-refractivity contribution is -0.158. The Bertz CT molecular complexity index is 248. The average molecular weight is 240 g/mol. The second kappa shape index (κ2) is 8.31. The van der Waals surface area contributed by atoms with E-state index in [-0.39, 0.29) is 12.4 Å². The van der Waals surface area contributed by atoms with Gasteiger partial charge in [-0.05, 0) is 38.2 Å². The zero-order valence-electron chi connectivity index (χ0n) is 11.0. The monoisotopic (exact) mass is 240 g/mol. The summed E-state index contributed by atoms with van der Waals surface area (Å²) in [5.74, 6) is 0. The largest absolute Gasteiger partial charge is 0.499 e. The van der Waals surface area contributed by atoms with E-state index in [4.69, 9.17) is 14.2 Å². The smallest absolute Gasteiger partial charge is 0.155 e. The molecule has 2 atom stereocenters. The molecule has 0 amide bonds. The van der Waals surface area contributed by atoms with Crippen LogP contribution in [0.15, 0.2) is 24.5 Å². The van der Waals surface area contributed by atoms with E-state index in [9.17, 15) is 0 Å². The first-order valence-electron chi connectivity index (χ1n) is 6.46. The van der Waals surface area contributed by atoms with Crippen molar-refractivity contribution < 1.29 is 14.2 Å². The van der Waals surface area contributed by atoms with Crippen molar-refractivity contribution in [1.29, 1.82) is 0 Å². The molecule has 1 aliphatic carbocycles. The third-order valence-electron chi connectivity index (χ3n) is 2.93. The fourth-order valence-electron chi connectivity index (χ4n) is 2.05. The van der Waals surface area contributed by atoms with Crippen molar-refractivity contribution in [2.75, 3.05) is 13.2 Å². The Hall–Kier alpha value is -0.800. The Morgan fingerprint density at radius 3 is 3.06 bits per heavy atom. The SMILES string of the molecule is C=COCCOC(C)OC1CCCC=C1CC. The van der Waals surface area contributed by atoms with Crippen molar-refractivity contribution in [3.05, 3.63) is 24.5 Å². The summed E-state index contributed by atoms with van der Waals surface area (Å²) in [6.07, 6.45) is 8.36. The van der Waals surface area contributed by atoms with Gasteiger partial charge in [-0.2, -0.15) is 0 Å². The Morgan fingerprint density at radius 2 is 2.35 bits per heavy atom. The second-order valence-electron chi connectivity index (χ2n) is 4.16. The zero-order chi connectivity index (χ0) is 12.5. The van der Waals surface area contributed by atoms with E-state index < -0.39 is 0 Å². The fourth-order valence-corrected chi connectivity index (χ4v) is 2.05. The first kappa shape index (κ1) is 14.3. The second-order valence-corrected chi connectivity index (χ2v) is 4.16. The minimum absolute atomic E-state index is 0.179. The molecule has 0 aromatic heterocycles. The molecule has 0 saturated carbocycles.